The van der Waals surface area contributed by atoms with Crippen LogP contribution >= 0.6 is 35.8 Å². The van der Waals surface area contributed by atoms with E-state index >= 15 is 0 Å². The van der Waals surface area contributed by atoms with E-state index in [9.17, 15) is 4.79 Å². The van der Waals surface area contributed by atoms with Crippen LogP contribution in [0.3, 0.4) is 0 Å². The molecule has 1 heterocycles. The number of halogens is 2. The number of ether oxygens (including phenoxy) is 1. The van der Waals surface area contributed by atoms with E-state index in [1.807, 2.05) is 28.8 Å². The van der Waals surface area contributed by atoms with Crippen molar-refractivity contribution in [1.82, 2.24) is 9.55 Å². The second-order valence-electron chi connectivity index (χ2n) is 4.81. The number of aromatic nitrogens is 2. The van der Waals surface area contributed by atoms with Crippen molar-refractivity contribution >= 4 is 41.7 Å². The summed E-state index contributed by atoms with van der Waals surface area (Å²) < 4.78 is 6.80. The van der Waals surface area contributed by atoms with Crippen molar-refractivity contribution in [2.24, 2.45) is 0 Å². The lowest BCUT2D eigenvalue weighted by molar-refractivity contribution is -0.139. The van der Waals surface area contributed by atoms with Crippen LogP contribution in [0.2, 0.25) is 5.02 Å². The Hall–Kier alpha value is -1.17. The Bertz CT molecular complexity index is 647. The van der Waals surface area contributed by atoms with Gasteiger partial charge in [-0.05, 0) is 18.1 Å². The minimum atomic E-state index is -0.271. The van der Waals surface area contributed by atoms with Gasteiger partial charge in [0, 0.05) is 22.7 Å². The zero-order valence-corrected chi connectivity index (χ0v) is 15.5. The van der Waals surface area contributed by atoms with Crippen LogP contribution in [0.25, 0.3) is 0 Å². The van der Waals surface area contributed by atoms with Gasteiger partial charge in [-0.3, -0.25) is 4.79 Å². The van der Waals surface area contributed by atoms with Crippen molar-refractivity contribution in [2.75, 3.05) is 12.9 Å². The van der Waals surface area contributed by atoms with Crippen LogP contribution in [0.4, 0.5) is 0 Å². The molecule has 0 aliphatic carbocycles. The molecule has 2 rings (SSSR count). The molecule has 0 saturated heterocycles. The summed E-state index contributed by atoms with van der Waals surface area (Å²) in [5.74, 6) is 0.712. The van der Waals surface area contributed by atoms with Gasteiger partial charge >= 0.3 is 5.97 Å². The number of imidazole rings is 1. The predicted molar refractivity (Wildman–Crippen MR) is 96.8 cm³/mol. The zero-order valence-electron chi connectivity index (χ0n) is 13.1. The minimum absolute atomic E-state index is 0. The SMILES string of the molecule is CCCSc1ncc(CC(=O)OC)n1Cc1ccccc1Cl.Cl. The van der Waals surface area contributed by atoms with E-state index < -0.39 is 0 Å². The number of carbonyl (C=O) groups excluding carboxylic acids is 1. The number of esters is 1. The fourth-order valence-corrected chi connectivity index (χ4v) is 3.07. The predicted octanol–water partition coefficient (Wildman–Crippen LogP) is 4.22. The van der Waals surface area contributed by atoms with Crippen molar-refractivity contribution < 1.29 is 9.53 Å². The van der Waals surface area contributed by atoms with Gasteiger partial charge in [-0.2, -0.15) is 0 Å². The minimum Gasteiger partial charge on any atom is -0.469 e. The maximum absolute atomic E-state index is 11.6. The Morgan fingerprint density at radius 2 is 2.13 bits per heavy atom. The van der Waals surface area contributed by atoms with Crippen molar-refractivity contribution in [3.05, 3.63) is 46.7 Å². The average Bonchev–Trinajstić information content (AvgIpc) is 2.89. The standard InChI is InChI=1S/C16H19ClN2O2S.ClH/c1-3-8-22-16-18-10-13(9-15(20)21-2)19(16)11-12-6-4-5-7-14(12)17;/h4-7,10H,3,8-9,11H2,1-2H3;1H. The van der Waals surface area contributed by atoms with Gasteiger partial charge < -0.3 is 9.30 Å². The molecule has 1 aromatic heterocycles. The smallest absolute Gasteiger partial charge is 0.311 e. The monoisotopic (exact) mass is 374 g/mol. The van der Waals surface area contributed by atoms with Gasteiger partial charge in [0.15, 0.2) is 5.16 Å². The van der Waals surface area contributed by atoms with E-state index in [-0.39, 0.29) is 24.8 Å². The first-order chi connectivity index (χ1) is 10.7. The largest absolute Gasteiger partial charge is 0.469 e. The molecular formula is C16H20Cl2N2O2S. The Kier molecular flexibility index (Phi) is 8.52. The first-order valence-electron chi connectivity index (χ1n) is 7.13. The highest BCUT2D eigenvalue weighted by Gasteiger charge is 2.15. The number of hydrogen-bond acceptors (Lipinski definition) is 4. The van der Waals surface area contributed by atoms with Crippen molar-refractivity contribution in [3.63, 3.8) is 0 Å². The molecule has 4 nitrogen and oxygen atoms in total. The highest BCUT2D eigenvalue weighted by atomic mass is 35.5. The molecule has 0 fully saturated rings. The summed E-state index contributed by atoms with van der Waals surface area (Å²) in [4.78, 5) is 16.0. The van der Waals surface area contributed by atoms with Crippen LogP contribution in [0.5, 0.6) is 0 Å². The first kappa shape index (κ1) is 19.9. The molecule has 0 spiro atoms. The fraction of sp³-hybridized carbons (Fsp3) is 0.375. The highest BCUT2D eigenvalue weighted by molar-refractivity contribution is 7.99. The lowest BCUT2D eigenvalue weighted by Gasteiger charge is -2.12. The molecule has 1 aromatic carbocycles. The molecule has 0 bridgehead atoms. The molecule has 0 radical (unpaired) electrons. The van der Waals surface area contributed by atoms with Crippen LogP contribution in [-0.2, 0) is 22.5 Å². The Morgan fingerprint density at radius 3 is 2.78 bits per heavy atom. The number of rotatable bonds is 7. The number of nitrogens with zero attached hydrogens (tertiary/aromatic N) is 2. The van der Waals surface area contributed by atoms with Gasteiger partial charge in [-0.1, -0.05) is 48.5 Å². The maximum atomic E-state index is 11.6. The number of hydrogen-bond donors (Lipinski definition) is 0. The van der Waals surface area contributed by atoms with E-state index in [2.05, 4.69) is 11.9 Å². The molecule has 7 heteroatoms. The molecule has 0 aliphatic rings. The Morgan fingerprint density at radius 1 is 1.39 bits per heavy atom. The fourth-order valence-electron chi connectivity index (χ4n) is 2.03. The molecule has 0 aliphatic heterocycles. The molecule has 0 atom stereocenters. The van der Waals surface area contributed by atoms with Gasteiger partial charge in [0.2, 0.25) is 0 Å². The summed E-state index contributed by atoms with van der Waals surface area (Å²) in [6, 6.07) is 7.71. The Balaban J connectivity index is 0.00000264. The lowest BCUT2D eigenvalue weighted by atomic mass is 10.2. The topological polar surface area (TPSA) is 44.1 Å². The zero-order chi connectivity index (χ0) is 15.9. The van der Waals surface area contributed by atoms with E-state index in [0.29, 0.717) is 11.6 Å². The Labute approximate surface area is 152 Å². The molecule has 23 heavy (non-hydrogen) atoms. The van der Waals surface area contributed by atoms with Gasteiger partial charge in [0.25, 0.3) is 0 Å². The average molecular weight is 375 g/mol. The van der Waals surface area contributed by atoms with Crippen LogP contribution in [0, 0.1) is 0 Å². The molecule has 126 valence electrons. The van der Waals surface area contributed by atoms with E-state index in [1.54, 1.807) is 18.0 Å². The number of thioether (sulfide) groups is 1. The maximum Gasteiger partial charge on any atom is 0.311 e. The summed E-state index contributed by atoms with van der Waals surface area (Å²) in [5.41, 5.74) is 1.84. The van der Waals surface area contributed by atoms with Gasteiger partial charge in [-0.15, -0.1) is 12.4 Å². The molecular weight excluding hydrogens is 355 g/mol. The summed E-state index contributed by atoms with van der Waals surface area (Å²) in [6.07, 6.45) is 3.02. The number of carbonyl (C=O) groups is 1. The lowest BCUT2D eigenvalue weighted by Crippen LogP contribution is -2.12. The molecule has 0 unspecified atom stereocenters. The summed E-state index contributed by atoms with van der Waals surface area (Å²) >= 11 is 7.94. The third kappa shape index (κ3) is 5.44. The van der Waals surface area contributed by atoms with Gasteiger partial charge in [0.05, 0.1) is 20.1 Å². The van der Waals surface area contributed by atoms with Crippen LogP contribution in [-0.4, -0.2) is 28.4 Å². The van der Waals surface area contributed by atoms with E-state index in [1.165, 1.54) is 7.11 Å². The normalized spacial score (nSPS) is 10.2. The van der Waals surface area contributed by atoms with Gasteiger partial charge in [0.1, 0.15) is 0 Å². The molecule has 0 amide bonds. The second-order valence-corrected chi connectivity index (χ2v) is 6.28. The van der Waals surface area contributed by atoms with Crippen molar-refractivity contribution in [1.29, 1.82) is 0 Å². The summed E-state index contributed by atoms with van der Waals surface area (Å²) in [6.45, 7) is 2.72. The van der Waals surface area contributed by atoms with Crippen molar-refractivity contribution in [3.8, 4) is 0 Å². The third-order valence-corrected chi connectivity index (χ3v) is 4.74. The van der Waals surface area contributed by atoms with Crippen LogP contribution in [0.15, 0.2) is 35.6 Å². The van der Waals surface area contributed by atoms with E-state index in [4.69, 9.17) is 16.3 Å². The molecule has 0 saturated carbocycles. The second kappa shape index (κ2) is 9.85. The summed E-state index contributed by atoms with van der Waals surface area (Å²) in [5, 5.41) is 1.62. The van der Waals surface area contributed by atoms with E-state index in [0.717, 1.165) is 28.6 Å². The van der Waals surface area contributed by atoms with Crippen LogP contribution in [0.1, 0.15) is 24.6 Å². The quantitative estimate of drug-likeness (QED) is 0.537. The number of benzene rings is 1. The third-order valence-electron chi connectivity index (χ3n) is 3.18. The summed E-state index contributed by atoms with van der Waals surface area (Å²) in [7, 11) is 1.39. The highest BCUT2D eigenvalue weighted by Crippen LogP contribution is 2.24. The molecule has 2 aromatic rings. The van der Waals surface area contributed by atoms with Crippen molar-refractivity contribution in [2.45, 2.75) is 31.5 Å². The molecule has 0 N–H and O–H groups in total. The first-order valence-corrected chi connectivity index (χ1v) is 8.49. The number of methoxy groups -OCH3 is 1. The van der Waals surface area contributed by atoms with Gasteiger partial charge in [-0.25, -0.2) is 4.98 Å². The van der Waals surface area contributed by atoms with Crippen LogP contribution < -0.4 is 0 Å².